The van der Waals surface area contributed by atoms with Crippen LogP contribution < -0.4 is 11.2 Å². The molecule has 0 bridgehead atoms. The molecule has 32 heavy (non-hydrogen) atoms. The summed E-state index contributed by atoms with van der Waals surface area (Å²) in [6, 6.07) is 5.86. The normalized spacial score (nSPS) is 15.9. The summed E-state index contributed by atoms with van der Waals surface area (Å²) in [5.41, 5.74) is 10.4. The molecule has 0 saturated carbocycles. The van der Waals surface area contributed by atoms with Crippen LogP contribution in [0.5, 0.6) is 0 Å². The maximum Gasteiger partial charge on any atom is 0.341 e. The summed E-state index contributed by atoms with van der Waals surface area (Å²) in [5.74, 6) is -0.433. The predicted octanol–water partition coefficient (Wildman–Crippen LogP) is 3.19. The number of aromatic nitrogens is 1. The Balaban J connectivity index is 1.55. The van der Waals surface area contributed by atoms with E-state index in [-0.39, 0.29) is 12.1 Å². The van der Waals surface area contributed by atoms with E-state index in [2.05, 4.69) is 33.7 Å². The van der Waals surface area contributed by atoms with Crippen LogP contribution in [0.4, 0.5) is 4.79 Å². The number of piperidine rings is 1. The first kappa shape index (κ1) is 24.2. The number of urea groups is 1. The number of carbonyl (C=O) groups excluding carboxylic acids is 2. The average Bonchev–Trinajstić information content (AvgIpc) is 3.33. The summed E-state index contributed by atoms with van der Waals surface area (Å²) >= 11 is 1.64. The quantitative estimate of drug-likeness (QED) is 0.532. The molecule has 1 aliphatic rings. The minimum Gasteiger partial charge on any atom is -0.366 e. The molecule has 3 rings (SSSR count). The van der Waals surface area contributed by atoms with Crippen molar-refractivity contribution in [2.24, 2.45) is 5.73 Å². The van der Waals surface area contributed by atoms with Gasteiger partial charge in [0, 0.05) is 37.9 Å². The van der Waals surface area contributed by atoms with Crippen molar-refractivity contribution in [2.45, 2.75) is 58.2 Å². The van der Waals surface area contributed by atoms with Crippen molar-refractivity contribution < 1.29 is 14.4 Å². The third-order valence-electron chi connectivity index (χ3n) is 6.02. The molecule has 1 saturated heterocycles. The molecule has 3 N–H and O–H groups in total. The molecule has 0 spiro atoms. The number of pyridine rings is 1. The molecule has 2 aromatic rings. The van der Waals surface area contributed by atoms with Crippen molar-refractivity contribution in [1.29, 1.82) is 0 Å². The summed E-state index contributed by atoms with van der Waals surface area (Å²) in [6.07, 6.45) is 5.12. The first-order valence-corrected chi connectivity index (χ1v) is 12.1. The zero-order chi connectivity index (χ0) is 22.9. The van der Waals surface area contributed by atoms with Gasteiger partial charge < -0.3 is 15.5 Å². The highest BCUT2D eigenvalue weighted by atomic mass is 32.1. The molecule has 174 valence electrons. The number of nitrogens with one attached hydrogen (secondary N) is 1. The Morgan fingerprint density at radius 2 is 2.16 bits per heavy atom. The number of thiophene rings is 1. The van der Waals surface area contributed by atoms with Crippen molar-refractivity contribution in [3.63, 3.8) is 0 Å². The summed E-state index contributed by atoms with van der Waals surface area (Å²) in [4.78, 5) is 38.2. The van der Waals surface area contributed by atoms with E-state index in [4.69, 9.17) is 10.6 Å². The van der Waals surface area contributed by atoms with Crippen molar-refractivity contribution in [1.82, 2.24) is 20.3 Å². The largest absolute Gasteiger partial charge is 0.366 e. The Morgan fingerprint density at radius 3 is 2.81 bits per heavy atom. The average molecular weight is 460 g/mol. The van der Waals surface area contributed by atoms with E-state index in [1.165, 1.54) is 0 Å². The number of likely N-dealkylation sites (tertiary alicyclic amines) is 1. The molecule has 0 unspecified atom stereocenters. The van der Waals surface area contributed by atoms with E-state index in [1.807, 2.05) is 17.2 Å². The molecule has 1 aliphatic heterocycles. The van der Waals surface area contributed by atoms with Crippen LogP contribution in [0.1, 0.15) is 54.7 Å². The van der Waals surface area contributed by atoms with Crippen molar-refractivity contribution >= 4 is 23.3 Å². The molecule has 2 aromatic heterocycles. The second kappa shape index (κ2) is 11.9. The number of amides is 3. The Labute approximate surface area is 193 Å². The van der Waals surface area contributed by atoms with E-state index >= 15 is 0 Å². The standard InChI is InChI=1S/C23H33N5O3S/c1-3-31-26-23(30)28(15-18-10-14-32-16-18)19-8-12-27(13-9-19)17(2)6-7-21-20(22(24)29)5-4-11-25-21/h4-5,10-11,14,16-17,19H,3,6-9,12-13,15H2,1-2H3,(H2,24,29)(H,26,30)/t17-/m1/s1. The summed E-state index contributed by atoms with van der Waals surface area (Å²) in [5, 5.41) is 4.11. The van der Waals surface area contributed by atoms with Gasteiger partial charge in [-0.15, -0.1) is 0 Å². The van der Waals surface area contributed by atoms with Crippen molar-refractivity contribution in [3.05, 3.63) is 52.0 Å². The van der Waals surface area contributed by atoms with Gasteiger partial charge >= 0.3 is 6.03 Å². The van der Waals surface area contributed by atoms with E-state index in [0.717, 1.165) is 43.6 Å². The van der Waals surface area contributed by atoms with Crippen LogP contribution in [-0.4, -0.2) is 58.5 Å². The third kappa shape index (κ3) is 6.51. The SMILES string of the molecule is CCONC(=O)N(Cc1ccsc1)C1CCN([C@H](C)CCc2ncccc2C(N)=O)CC1. The Bertz CT molecular complexity index is 868. The van der Waals surface area contributed by atoms with Crippen LogP contribution in [0.15, 0.2) is 35.2 Å². The molecule has 3 amide bonds. The fourth-order valence-electron chi connectivity index (χ4n) is 4.17. The zero-order valence-corrected chi connectivity index (χ0v) is 19.6. The van der Waals surface area contributed by atoms with E-state index in [9.17, 15) is 9.59 Å². The van der Waals surface area contributed by atoms with Gasteiger partial charge in [0.05, 0.1) is 17.9 Å². The number of hydroxylamine groups is 1. The number of primary amides is 1. The van der Waals surface area contributed by atoms with E-state index in [0.29, 0.717) is 31.2 Å². The lowest BCUT2D eigenvalue weighted by molar-refractivity contribution is 0.0373. The van der Waals surface area contributed by atoms with Gasteiger partial charge in [-0.05, 0) is 74.1 Å². The van der Waals surface area contributed by atoms with Gasteiger partial charge in [-0.1, -0.05) is 0 Å². The molecule has 0 aromatic carbocycles. The molecule has 1 fully saturated rings. The highest BCUT2D eigenvalue weighted by Crippen LogP contribution is 2.23. The maximum atomic E-state index is 12.7. The van der Waals surface area contributed by atoms with Gasteiger partial charge in [-0.25, -0.2) is 10.3 Å². The Kier molecular flexibility index (Phi) is 9.01. The van der Waals surface area contributed by atoms with Gasteiger partial charge in [-0.2, -0.15) is 11.3 Å². The van der Waals surface area contributed by atoms with Crippen LogP contribution in [0.3, 0.4) is 0 Å². The number of nitrogens with zero attached hydrogens (tertiary/aromatic N) is 3. The molecular weight excluding hydrogens is 426 g/mol. The summed E-state index contributed by atoms with van der Waals surface area (Å²) in [6.45, 7) is 6.90. The minimum atomic E-state index is -0.433. The van der Waals surface area contributed by atoms with Gasteiger partial charge in [-0.3, -0.25) is 14.6 Å². The fraction of sp³-hybridized carbons (Fsp3) is 0.522. The number of carbonyl (C=O) groups is 2. The highest BCUT2D eigenvalue weighted by molar-refractivity contribution is 7.07. The molecule has 0 radical (unpaired) electrons. The lowest BCUT2D eigenvalue weighted by Crippen LogP contribution is -2.51. The van der Waals surface area contributed by atoms with Crippen LogP contribution in [-0.2, 0) is 17.8 Å². The number of nitrogens with two attached hydrogens (primary N) is 1. The Hall–Kier alpha value is -2.49. The third-order valence-corrected chi connectivity index (χ3v) is 6.75. The van der Waals surface area contributed by atoms with Crippen LogP contribution in [0.2, 0.25) is 0 Å². The first-order valence-electron chi connectivity index (χ1n) is 11.2. The number of hydrogen-bond acceptors (Lipinski definition) is 6. The van der Waals surface area contributed by atoms with E-state index < -0.39 is 5.91 Å². The second-order valence-corrected chi connectivity index (χ2v) is 8.90. The zero-order valence-electron chi connectivity index (χ0n) is 18.8. The molecule has 8 nitrogen and oxygen atoms in total. The molecule has 1 atom stereocenters. The summed E-state index contributed by atoms with van der Waals surface area (Å²) in [7, 11) is 0. The van der Waals surface area contributed by atoms with Crippen LogP contribution in [0.25, 0.3) is 0 Å². The number of rotatable bonds is 10. The first-order chi connectivity index (χ1) is 15.5. The molecule has 0 aliphatic carbocycles. The van der Waals surface area contributed by atoms with Crippen molar-refractivity contribution in [3.8, 4) is 0 Å². The smallest absolute Gasteiger partial charge is 0.341 e. The Morgan fingerprint density at radius 1 is 1.38 bits per heavy atom. The molecular formula is C23H33N5O3S. The van der Waals surface area contributed by atoms with Gasteiger partial charge in [0.1, 0.15) is 0 Å². The molecule has 9 heteroatoms. The predicted molar refractivity (Wildman–Crippen MR) is 125 cm³/mol. The highest BCUT2D eigenvalue weighted by Gasteiger charge is 2.30. The number of hydrogen-bond donors (Lipinski definition) is 2. The monoisotopic (exact) mass is 459 g/mol. The molecule has 3 heterocycles. The van der Waals surface area contributed by atoms with Crippen LogP contribution in [0, 0.1) is 0 Å². The second-order valence-electron chi connectivity index (χ2n) is 8.12. The van der Waals surface area contributed by atoms with Crippen LogP contribution >= 0.6 is 11.3 Å². The lowest BCUT2D eigenvalue weighted by Gasteiger charge is -2.40. The number of aryl methyl sites for hydroxylation is 1. The van der Waals surface area contributed by atoms with Gasteiger partial charge in [0.15, 0.2) is 0 Å². The van der Waals surface area contributed by atoms with Crippen molar-refractivity contribution in [2.75, 3.05) is 19.7 Å². The topological polar surface area (TPSA) is 101 Å². The van der Waals surface area contributed by atoms with E-state index in [1.54, 1.807) is 29.7 Å². The maximum absolute atomic E-state index is 12.7. The van der Waals surface area contributed by atoms with Gasteiger partial charge in [0.25, 0.3) is 5.91 Å². The lowest BCUT2D eigenvalue weighted by atomic mass is 9.99. The summed E-state index contributed by atoms with van der Waals surface area (Å²) < 4.78 is 0. The van der Waals surface area contributed by atoms with Gasteiger partial charge in [0.2, 0.25) is 0 Å². The minimum absolute atomic E-state index is 0.163. The fourth-order valence-corrected chi connectivity index (χ4v) is 4.83.